The summed E-state index contributed by atoms with van der Waals surface area (Å²) in [6.07, 6.45) is 9.03. The van der Waals surface area contributed by atoms with Crippen LogP contribution in [-0.2, 0) is 22.4 Å². The van der Waals surface area contributed by atoms with Gasteiger partial charge in [-0.05, 0) is 66.6 Å². The number of halogens is 1. The van der Waals surface area contributed by atoms with Crippen LogP contribution in [0, 0.1) is 0 Å². The molecule has 0 N–H and O–H groups in total. The Morgan fingerprint density at radius 2 is 1.39 bits per heavy atom. The maximum absolute atomic E-state index is 12.5. The maximum atomic E-state index is 12.5. The van der Waals surface area contributed by atoms with Gasteiger partial charge in [-0.2, -0.15) is 0 Å². The Balaban J connectivity index is 1.16. The lowest BCUT2D eigenvalue weighted by Gasteiger charge is -2.08. The molecule has 1 aliphatic rings. The molecular weight excluding hydrogens is 476 g/mol. The summed E-state index contributed by atoms with van der Waals surface area (Å²) >= 11 is 3.39. The van der Waals surface area contributed by atoms with E-state index in [0.29, 0.717) is 5.75 Å². The number of hydrogen-bond donors (Lipinski definition) is 0. The van der Waals surface area contributed by atoms with Gasteiger partial charge in [0.2, 0.25) is 0 Å². The van der Waals surface area contributed by atoms with Crippen molar-refractivity contribution >= 4 is 21.9 Å². The number of carbonyl (C=O) groups excluding carboxylic acids is 1. The van der Waals surface area contributed by atoms with Gasteiger partial charge in [0.15, 0.2) is 6.10 Å². The van der Waals surface area contributed by atoms with Crippen LogP contribution in [0.25, 0.3) is 0 Å². The molecule has 2 atom stereocenters. The van der Waals surface area contributed by atoms with Crippen molar-refractivity contribution in [1.82, 2.24) is 0 Å². The molecule has 1 heterocycles. The molecule has 172 valence electrons. The van der Waals surface area contributed by atoms with Crippen LogP contribution in [0.5, 0.6) is 5.75 Å². The summed E-state index contributed by atoms with van der Waals surface area (Å²) in [5.74, 6) is 0.210. The molecule has 0 aliphatic carbocycles. The van der Waals surface area contributed by atoms with Crippen molar-refractivity contribution in [2.24, 2.45) is 0 Å². The molecule has 0 bridgehead atoms. The Kier molecular flexibility index (Phi) is 8.73. The molecule has 0 amide bonds. The van der Waals surface area contributed by atoms with Gasteiger partial charge in [-0.15, -0.1) is 0 Å². The van der Waals surface area contributed by atoms with Crippen LogP contribution in [0.3, 0.4) is 0 Å². The van der Waals surface area contributed by atoms with Crippen molar-refractivity contribution in [1.29, 1.82) is 0 Å². The fraction of sp³-hybridized carbons (Fsp3) is 0.345. The number of epoxide rings is 1. The Morgan fingerprint density at radius 1 is 0.758 bits per heavy atom. The molecular formula is C29H31BrO3. The third-order valence-electron chi connectivity index (χ3n) is 6.12. The topological polar surface area (TPSA) is 38.8 Å². The van der Waals surface area contributed by atoms with Gasteiger partial charge in [0.1, 0.15) is 11.9 Å². The van der Waals surface area contributed by atoms with Crippen LogP contribution in [0.1, 0.15) is 61.3 Å². The molecule has 1 fully saturated rings. The van der Waals surface area contributed by atoms with Gasteiger partial charge in [-0.1, -0.05) is 96.2 Å². The predicted molar refractivity (Wildman–Crippen MR) is 135 cm³/mol. The highest BCUT2D eigenvalue weighted by Crippen LogP contribution is 2.41. The minimum Gasteiger partial charge on any atom is -0.425 e. The first-order valence-electron chi connectivity index (χ1n) is 11.9. The van der Waals surface area contributed by atoms with E-state index < -0.39 is 6.10 Å². The zero-order valence-corrected chi connectivity index (χ0v) is 20.5. The first-order chi connectivity index (χ1) is 16.2. The minimum atomic E-state index is -0.514. The zero-order valence-electron chi connectivity index (χ0n) is 18.9. The van der Waals surface area contributed by atoms with E-state index in [4.69, 9.17) is 9.47 Å². The molecule has 0 radical (unpaired) electrons. The number of unbranched alkanes of at least 4 members (excludes halogenated alkanes) is 5. The van der Waals surface area contributed by atoms with Crippen LogP contribution in [0.4, 0.5) is 0 Å². The molecule has 4 heteroatoms. The summed E-state index contributed by atoms with van der Waals surface area (Å²) in [6, 6.07) is 26.3. The Bertz CT molecular complexity index is 1020. The third-order valence-corrected chi connectivity index (χ3v) is 6.65. The van der Waals surface area contributed by atoms with Crippen LogP contribution >= 0.6 is 15.9 Å². The maximum Gasteiger partial charge on any atom is 0.343 e. The normalized spacial score (nSPS) is 17.0. The van der Waals surface area contributed by atoms with Crippen molar-refractivity contribution in [3.63, 3.8) is 0 Å². The number of benzene rings is 3. The second-order valence-corrected chi connectivity index (χ2v) is 9.57. The van der Waals surface area contributed by atoms with E-state index in [0.717, 1.165) is 22.9 Å². The summed E-state index contributed by atoms with van der Waals surface area (Å²) < 4.78 is 12.1. The number of aryl methyl sites for hydroxylation is 2. The molecule has 0 aromatic heterocycles. The number of carbonyl (C=O) groups is 1. The van der Waals surface area contributed by atoms with Gasteiger partial charge in [-0.25, -0.2) is 4.79 Å². The summed E-state index contributed by atoms with van der Waals surface area (Å²) in [5, 5.41) is 0. The lowest BCUT2D eigenvalue weighted by molar-refractivity contribution is -0.135. The second kappa shape index (κ2) is 12.2. The number of hydrogen-bond acceptors (Lipinski definition) is 3. The zero-order chi connectivity index (χ0) is 22.9. The average molecular weight is 507 g/mol. The summed E-state index contributed by atoms with van der Waals surface area (Å²) in [7, 11) is 0. The molecule has 33 heavy (non-hydrogen) atoms. The van der Waals surface area contributed by atoms with Crippen molar-refractivity contribution < 1.29 is 14.3 Å². The summed E-state index contributed by atoms with van der Waals surface area (Å²) in [4.78, 5) is 12.5. The molecule has 3 aromatic carbocycles. The first-order valence-corrected chi connectivity index (χ1v) is 12.7. The fourth-order valence-corrected chi connectivity index (χ4v) is 4.51. The summed E-state index contributed by atoms with van der Waals surface area (Å²) in [6.45, 7) is 0. The van der Waals surface area contributed by atoms with Gasteiger partial charge in [0.25, 0.3) is 0 Å². The molecule has 0 spiro atoms. The molecule has 1 saturated heterocycles. The highest BCUT2D eigenvalue weighted by Gasteiger charge is 2.48. The first kappa shape index (κ1) is 23.7. The largest absolute Gasteiger partial charge is 0.425 e. The number of esters is 1. The standard InChI is InChI=1S/C29H31BrO3/c30-24-18-20-25(21-19-24)32-29(31)28-27(33-28)26-17-11-10-16-23(26)15-9-4-2-1-3-6-12-22-13-7-5-8-14-22/h5,7-8,10-11,13-14,16-21,27-28H,1-4,6,9,12,15H2. The molecule has 3 aromatic rings. The van der Waals surface area contributed by atoms with Gasteiger partial charge in [-0.3, -0.25) is 0 Å². The second-order valence-electron chi connectivity index (χ2n) is 8.66. The average Bonchev–Trinajstić information content (AvgIpc) is 3.64. The highest BCUT2D eigenvalue weighted by atomic mass is 79.9. The van der Waals surface area contributed by atoms with Crippen LogP contribution in [0.2, 0.25) is 0 Å². The lowest BCUT2D eigenvalue weighted by Crippen LogP contribution is -2.15. The molecule has 3 nitrogen and oxygen atoms in total. The Labute approximate surface area is 205 Å². The highest BCUT2D eigenvalue weighted by molar-refractivity contribution is 9.10. The van der Waals surface area contributed by atoms with Crippen LogP contribution in [-0.4, -0.2) is 12.1 Å². The van der Waals surface area contributed by atoms with Gasteiger partial charge in [0.05, 0.1) is 0 Å². The fourth-order valence-electron chi connectivity index (χ4n) is 4.24. The van der Waals surface area contributed by atoms with E-state index >= 15 is 0 Å². The number of ether oxygens (including phenoxy) is 2. The van der Waals surface area contributed by atoms with E-state index in [9.17, 15) is 4.79 Å². The van der Waals surface area contributed by atoms with Crippen molar-refractivity contribution in [3.8, 4) is 5.75 Å². The van der Waals surface area contributed by atoms with E-state index in [1.807, 2.05) is 18.2 Å². The van der Waals surface area contributed by atoms with Crippen molar-refractivity contribution in [2.75, 3.05) is 0 Å². The smallest absolute Gasteiger partial charge is 0.343 e. The van der Waals surface area contributed by atoms with E-state index in [-0.39, 0.29) is 12.1 Å². The Hall–Kier alpha value is -2.43. The molecule has 4 rings (SSSR count). The molecule has 2 unspecified atom stereocenters. The quantitative estimate of drug-likeness (QED) is 0.110. The Morgan fingerprint density at radius 3 is 2.15 bits per heavy atom. The predicted octanol–water partition coefficient (Wildman–Crippen LogP) is 7.62. The van der Waals surface area contributed by atoms with Gasteiger partial charge >= 0.3 is 5.97 Å². The number of rotatable bonds is 12. The monoisotopic (exact) mass is 506 g/mol. The van der Waals surface area contributed by atoms with Crippen LogP contribution in [0.15, 0.2) is 83.3 Å². The third kappa shape index (κ3) is 7.28. The van der Waals surface area contributed by atoms with E-state index in [1.165, 1.54) is 49.7 Å². The van der Waals surface area contributed by atoms with Gasteiger partial charge < -0.3 is 9.47 Å². The van der Waals surface area contributed by atoms with Crippen molar-refractivity contribution in [3.05, 3.63) is 100 Å². The van der Waals surface area contributed by atoms with Gasteiger partial charge in [0, 0.05) is 4.47 Å². The van der Waals surface area contributed by atoms with E-state index in [2.05, 4.69) is 64.5 Å². The van der Waals surface area contributed by atoms with E-state index in [1.54, 1.807) is 12.1 Å². The molecule has 0 saturated carbocycles. The van der Waals surface area contributed by atoms with Crippen LogP contribution < -0.4 is 4.74 Å². The summed E-state index contributed by atoms with van der Waals surface area (Å²) in [5.41, 5.74) is 3.85. The minimum absolute atomic E-state index is 0.192. The SMILES string of the molecule is O=C(Oc1ccc(Br)cc1)C1OC1c1ccccc1CCCCCCCCc1ccccc1. The molecule has 1 aliphatic heterocycles. The van der Waals surface area contributed by atoms with Crippen molar-refractivity contribution in [2.45, 2.75) is 63.6 Å². The lowest BCUT2D eigenvalue weighted by atomic mass is 9.97.